The van der Waals surface area contributed by atoms with E-state index in [4.69, 9.17) is 23.2 Å². The molecule has 0 radical (unpaired) electrons. The van der Waals surface area contributed by atoms with Gasteiger partial charge in [-0.05, 0) is 31.2 Å². The minimum atomic E-state index is -0.102. The topological polar surface area (TPSA) is 49.6 Å². The summed E-state index contributed by atoms with van der Waals surface area (Å²) in [5, 5.41) is 13.3. The van der Waals surface area contributed by atoms with Gasteiger partial charge in [-0.3, -0.25) is 0 Å². The van der Waals surface area contributed by atoms with Crippen LogP contribution in [0.4, 0.5) is 5.69 Å². The number of aromatic hydroxyl groups is 1. The molecule has 2 heterocycles. The Morgan fingerprint density at radius 3 is 2.67 bits per heavy atom. The molecule has 2 N–H and O–H groups in total. The third-order valence-corrected chi connectivity index (χ3v) is 3.88. The highest BCUT2D eigenvalue weighted by atomic mass is 35.5. The van der Waals surface area contributed by atoms with E-state index in [1.165, 1.54) is 0 Å². The molecule has 0 aliphatic carbocycles. The summed E-state index contributed by atoms with van der Waals surface area (Å²) in [4.78, 5) is 4.51. The summed E-state index contributed by atoms with van der Waals surface area (Å²) in [5.74, 6) is -0.102. The van der Waals surface area contributed by atoms with Crippen molar-refractivity contribution in [3.05, 3.63) is 58.0 Å². The highest BCUT2D eigenvalue weighted by molar-refractivity contribution is 6.37. The van der Waals surface area contributed by atoms with E-state index in [1.54, 1.807) is 12.1 Å². The van der Waals surface area contributed by atoms with Crippen LogP contribution in [-0.4, -0.2) is 14.5 Å². The summed E-state index contributed by atoms with van der Waals surface area (Å²) >= 11 is 11.8. The van der Waals surface area contributed by atoms with Crippen molar-refractivity contribution < 1.29 is 5.11 Å². The minimum Gasteiger partial charge on any atom is -0.505 e. The van der Waals surface area contributed by atoms with Gasteiger partial charge < -0.3 is 14.8 Å². The molecule has 0 aliphatic heterocycles. The first kappa shape index (κ1) is 14.0. The normalized spacial score (nSPS) is 11.0. The maximum atomic E-state index is 9.56. The number of pyridine rings is 1. The van der Waals surface area contributed by atoms with Crippen molar-refractivity contribution in [2.75, 3.05) is 5.32 Å². The zero-order valence-electron chi connectivity index (χ0n) is 11.3. The number of anilines is 1. The van der Waals surface area contributed by atoms with E-state index < -0.39 is 0 Å². The highest BCUT2D eigenvalue weighted by Crippen LogP contribution is 2.34. The predicted octanol–water partition coefficient (Wildman–Crippen LogP) is 4.27. The van der Waals surface area contributed by atoms with Gasteiger partial charge in [0.1, 0.15) is 5.65 Å². The third kappa shape index (κ3) is 2.64. The summed E-state index contributed by atoms with van der Waals surface area (Å²) in [6.45, 7) is 2.55. The fourth-order valence-corrected chi connectivity index (χ4v) is 2.72. The molecule has 2 aromatic heterocycles. The molecule has 0 saturated carbocycles. The number of nitrogens with one attached hydrogen (secondary N) is 1. The summed E-state index contributed by atoms with van der Waals surface area (Å²) in [7, 11) is 0. The second-order valence-corrected chi connectivity index (χ2v) is 5.53. The molecule has 0 bridgehead atoms. The zero-order chi connectivity index (χ0) is 15.0. The quantitative estimate of drug-likeness (QED) is 0.708. The maximum absolute atomic E-state index is 9.56. The number of halogens is 2. The van der Waals surface area contributed by atoms with Gasteiger partial charge in [-0.25, -0.2) is 4.98 Å². The molecule has 108 valence electrons. The van der Waals surface area contributed by atoms with Gasteiger partial charge in [0.05, 0.1) is 28.0 Å². The zero-order valence-corrected chi connectivity index (χ0v) is 12.8. The molecule has 0 fully saturated rings. The molecule has 0 amide bonds. The van der Waals surface area contributed by atoms with Crippen molar-refractivity contribution in [1.82, 2.24) is 9.38 Å². The van der Waals surface area contributed by atoms with Crippen LogP contribution in [0, 0.1) is 6.92 Å². The average molecular weight is 322 g/mol. The fraction of sp³-hybridized carbons (Fsp3) is 0.133. The van der Waals surface area contributed by atoms with Gasteiger partial charge in [-0.15, -0.1) is 0 Å². The molecule has 4 nitrogen and oxygen atoms in total. The number of phenolic OH excluding ortho intramolecular Hbond substituents is 1. The lowest BCUT2D eigenvalue weighted by Gasteiger charge is -2.09. The van der Waals surface area contributed by atoms with Gasteiger partial charge in [0, 0.05) is 11.9 Å². The Bertz CT molecular complexity index is 791. The highest BCUT2D eigenvalue weighted by Gasteiger charge is 2.10. The Balaban J connectivity index is 1.88. The lowest BCUT2D eigenvalue weighted by Crippen LogP contribution is -2.04. The lowest BCUT2D eigenvalue weighted by molar-refractivity contribution is 0.476. The van der Waals surface area contributed by atoms with Crippen LogP contribution in [0.1, 0.15) is 11.4 Å². The molecular formula is C15H13Cl2N3O. The van der Waals surface area contributed by atoms with E-state index in [1.807, 2.05) is 35.7 Å². The first-order valence-electron chi connectivity index (χ1n) is 6.40. The smallest absolute Gasteiger partial charge is 0.152 e. The SMILES string of the molecule is Cc1nc2ccccn2c1CNc1cc(Cl)c(O)c(Cl)c1. The molecular weight excluding hydrogens is 309 g/mol. The van der Waals surface area contributed by atoms with Gasteiger partial charge in [-0.2, -0.15) is 0 Å². The van der Waals surface area contributed by atoms with Gasteiger partial charge >= 0.3 is 0 Å². The van der Waals surface area contributed by atoms with Crippen LogP contribution < -0.4 is 5.32 Å². The molecule has 6 heteroatoms. The second-order valence-electron chi connectivity index (χ2n) is 4.71. The van der Waals surface area contributed by atoms with E-state index in [0.717, 1.165) is 22.7 Å². The van der Waals surface area contributed by atoms with Gasteiger partial charge in [0.2, 0.25) is 0 Å². The lowest BCUT2D eigenvalue weighted by atomic mass is 10.2. The average Bonchev–Trinajstić information content (AvgIpc) is 2.78. The summed E-state index contributed by atoms with van der Waals surface area (Å²) < 4.78 is 2.03. The molecule has 0 unspecified atom stereocenters. The van der Waals surface area contributed by atoms with Gasteiger partial charge in [-0.1, -0.05) is 29.3 Å². The fourth-order valence-electron chi connectivity index (χ4n) is 2.23. The number of nitrogens with zero attached hydrogens (tertiary/aromatic N) is 2. The number of benzene rings is 1. The molecule has 0 spiro atoms. The van der Waals surface area contributed by atoms with E-state index in [0.29, 0.717) is 6.54 Å². The summed E-state index contributed by atoms with van der Waals surface area (Å²) in [5.41, 5.74) is 3.68. The Kier molecular flexibility index (Phi) is 3.66. The summed E-state index contributed by atoms with van der Waals surface area (Å²) in [6.07, 6.45) is 1.98. The van der Waals surface area contributed by atoms with Crippen molar-refractivity contribution in [2.45, 2.75) is 13.5 Å². The van der Waals surface area contributed by atoms with E-state index in [2.05, 4.69) is 10.3 Å². The van der Waals surface area contributed by atoms with Crippen LogP contribution in [-0.2, 0) is 6.54 Å². The first-order chi connectivity index (χ1) is 10.1. The molecule has 0 saturated heterocycles. The molecule has 3 aromatic rings. The van der Waals surface area contributed by atoms with Crippen LogP contribution >= 0.6 is 23.2 Å². The van der Waals surface area contributed by atoms with Crippen LogP contribution in [0.2, 0.25) is 10.0 Å². The van der Waals surface area contributed by atoms with Gasteiger partial charge in [0.15, 0.2) is 5.75 Å². The van der Waals surface area contributed by atoms with Crippen molar-refractivity contribution in [2.24, 2.45) is 0 Å². The van der Waals surface area contributed by atoms with E-state index >= 15 is 0 Å². The Morgan fingerprint density at radius 1 is 1.24 bits per heavy atom. The largest absolute Gasteiger partial charge is 0.505 e. The monoisotopic (exact) mass is 321 g/mol. The van der Waals surface area contributed by atoms with E-state index in [9.17, 15) is 5.11 Å². The maximum Gasteiger partial charge on any atom is 0.152 e. The van der Waals surface area contributed by atoms with Crippen molar-refractivity contribution in [3.63, 3.8) is 0 Å². The van der Waals surface area contributed by atoms with Crippen LogP contribution in [0.3, 0.4) is 0 Å². The molecule has 0 atom stereocenters. The number of phenols is 1. The van der Waals surface area contributed by atoms with Gasteiger partial charge in [0.25, 0.3) is 0 Å². The molecule has 21 heavy (non-hydrogen) atoms. The number of hydrogen-bond acceptors (Lipinski definition) is 3. The number of hydrogen-bond donors (Lipinski definition) is 2. The van der Waals surface area contributed by atoms with Crippen molar-refractivity contribution in [3.8, 4) is 5.75 Å². The van der Waals surface area contributed by atoms with E-state index in [-0.39, 0.29) is 15.8 Å². The molecule has 0 aliphatic rings. The van der Waals surface area contributed by atoms with Crippen molar-refractivity contribution >= 4 is 34.5 Å². The third-order valence-electron chi connectivity index (χ3n) is 3.31. The Labute approximate surface area is 132 Å². The second kappa shape index (κ2) is 5.47. The van der Waals surface area contributed by atoms with Crippen LogP contribution in [0.5, 0.6) is 5.75 Å². The Hall–Kier alpha value is -1.91. The Morgan fingerprint density at radius 2 is 1.95 bits per heavy atom. The standard InChI is InChI=1S/C15H13Cl2N3O/c1-9-13(20-5-3-2-4-14(20)19-9)8-18-10-6-11(16)15(21)12(17)7-10/h2-7,18,21H,8H2,1H3. The van der Waals surface area contributed by atoms with Crippen LogP contribution in [0.25, 0.3) is 5.65 Å². The predicted molar refractivity (Wildman–Crippen MR) is 85.4 cm³/mol. The molecule has 3 rings (SSSR count). The number of rotatable bonds is 3. The minimum absolute atomic E-state index is 0.102. The number of aromatic nitrogens is 2. The summed E-state index contributed by atoms with van der Waals surface area (Å²) in [6, 6.07) is 9.16. The number of imidazole rings is 1. The van der Waals surface area contributed by atoms with Crippen LogP contribution in [0.15, 0.2) is 36.5 Å². The molecule has 1 aromatic carbocycles. The van der Waals surface area contributed by atoms with Crippen molar-refractivity contribution in [1.29, 1.82) is 0 Å². The number of fused-ring (bicyclic) bond motifs is 1. The first-order valence-corrected chi connectivity index (χ1v) is 7.16. The number of aryl methyl sites for hydroxylation is 1.